The van der Waals surface area contributed by atoms with Gasteiger partial charge in [0.2, 0.25) is 5.95 Å². The molecule has 1 aromatic heterocycles. The summed E-state index contributed by atoms with van der Waals surface area (Å²) in [5.74, 6) is 0.247. The van der Waals surface area contributed by atoms with Crippen LogP contribution in [0.2, 0.25) is 0 Å². The third kappa shape index (κ3) is 6.16. The van der Waals surface area contributed by atoms with E-state index < -0.39 is 5.41 Å². The Bertz CT molecular complexity index is 1660. The molecule has 8 nitrogen and oxygen atoms in total. The largest absolute Gasteiger partial charge is 0.403 e. The van der Waals surface area contributed by atoms with Crippen molar-refractivity contribution >= 4 is 29.0 Å². The minimum Gasteiger partial charge on any atom is -0.403 e. The van der Waals surface area contributed by atoms with Crippen LogP contribution in [0.25, 0.3) is 22.0 Å². The zero-order valence-electron chi connectivity index (χ0n) is 23.4. The average Bonchev–Trinajstić information content (AvgIpc) is 2.96. The smallest absolute Gasteiger partial charge is 0.251 e. The summed E-state index contributed by atoms with van der Waals surface area (Å²) in [7, 11) is 1.66. The van der Waals surface area contributed by atoms with Crippen LogP contribution in [0.3, 0.4) is 0 Å². The van der Waals surface area contributed by atoms with Crippen molar-refractivity contribution in [2.45, 2.75) is 39.2 Å². The molecule has 0 aliphatic carbocycles. The fourth-order valence-electron chi connectivity index (χ4n) is 4.34. The molecule has 40 heavy (non-hydrogen) atoms. The van der Waals surface area contributed by atoms with Crippen LogP contribution in [0, 0.1) is 18.3 Å². The number of allylic oxidation sites excluding steroid dienone is 1. The first-order valence-corrected chi connectivity index (χ1v) is 13.0. The minimum absolute atomic E-state index is 0.185. The molecule has 4 aromatic rings. The quantitative estimate of drug-likeness (QED) is 0.246. The number of carbonyl (C=O) groups excluding carboxylic acids is 1. The number of nitrogens with zero attached hydrogens (tertiary/aromatic N) is 4. The van der Waals surface area contributed by atoms with E-state index in [1.165, 1.54) is 6.20 Å². The SMILES string of the molecule is CN=CC(=CN)Nc1ncc2cc(-c3cc(C(C)NC(=O)c4cccc(C(C)(C)C#N)c4)ccc3C)ccc2n1. The zero-order valence-corrected chi connectivity index (χ0v) is 23.4. The van der Waals surface area contributed by atoms with E-state index in [4.69, 9.17) is 5.73 Å². The molecular formula is C32H33N7O. The van der Waals surface area contributed by atoms with Crippen molar-refractivity contribution in [1.82, 2.24) is 15.3 Å². The molecule has 1 atom stereocenters. The van der Waals surface area contributed by atoms with Gasteiger partial charge in [-0.3, -0.25) is 9.79 Å². The lowest BCUT2D eigenvalue weighted by atomic mass is 9.85. The highest BCUT2D eigenvalue weighted by Crippen LogP contribution is 2.30. The van der Waals surface area contributed by atoms with Gasteiger partial charge in [-0.05, 0) is 85.8 Å². The molecular weight excluding hydrogens is 498 g/mol. The van der Waals surface area contributed by atoms with Gasteiger partial charge >= 0.3 is 0 Å². The van der Waals surface area contributed by atoms with Crippen molar-refractivity contribution < 1.29 is 4.79 Å². The predicted molar refractivity (Wildman–Crippen MR) is 161 cm³/mol. The summed E-state index contributed by atoms with van der Waals surface area (Å²) in [5.41, 5.74) is 11.9. The van der Waals surface area contributed by atoms with Gasteiger partial charge < -0.3 is 16.4 Å². The van der Waals surface area contributed by atoms with E-state index in [0.717, 1.165) is 38.7 Å². The lowest BCUT2D eigenvalue weighted by Gasteiger charge is -2.19. The highest BCUT2D eigenvalue weighted by Gasteiger charge is 2.21. The summed E-state index contributed by atoms with van der Waals surface area (Å²) < 4.78 is 0. The lowest BCUT2D eigenvalue weighted by Crippen LogP contribution is -2.27. The highest BCUT2D eigenvalue weighted by molar-refractivity contribution is 5.94. The lowest BCUT2D eigenvalue weighted by molar-refractivity contribution is 0.0939. The number of rotatable bonds is 8. The van der Waals surface area contributed by atoms with Crippen LogP contribution in [-0.2, 0) is 5.41 Å². The van der Waals surface area contributed by atoms with Crippen LogP contribution >= 0.6 is 0 Å². The second-order valence-electron chi connectivity index (χ2n) is 10.2. The molecule has 8 heteroatoms. The first kappa shape index (κ1) is 28.0. The Kier molecular flexibility index (Phi) is 8.25. The Morgan fingerprint density at radius 3 is 2.67 bits per heavy atom. The molecule has 0 aliphatic heterocycles. The number of amides is 1. The normalized spacial score (nSPS) is 12.8. The van der Waals surface area contributed by atoms with Crippen molar-refractivity contribution in [3.05, 3.63) is 101 Å². The van der Waals surface area contributed by atoms with Gasteiger partial charge in [-0.2, -0.15) is 5.26 Å². The number of nitrogens with one attached hydrogen (secondary N) is 2. The van der Waals surface area contributed by atoms with Crippen molar-refractivity contribution in [2.24, 2.45) is 10.7 Å². The third-order valence-electron chi connectivity index (χ3n) is 6.83. The molecule has 0 spiro atoms. The summed E-state index contributed by atoms with van der Waals surface area (Å²) in [6.07, 6.45) is 4.78. The van der Waals surface area contributed by atoms with Gasteiger partial charge in [-0.15, -0.1) is 0 Å². The van der Waals surface area contributed by atoms with Crippen LogP contribution in [-0.4, -0.2) is 29.1 Å². The number of aliphatic imine (C=N–C) groups is 1. The molecule has 1 heterocycles. The fourth-order valence-corrected chi connectivity index (χ4v) is 4.34. The van der Waals surface area contributed by atoms with Crippen LogP contribution < -0.4 is 16.4 Å². The van der Waals surface area contributed by atoms with Crippen molar-refractivity contribution in [1.29, 1.82) is 5.26 Å². The van der Waals surface area contributed by atoms with Crippen LogP contribution in [0.15, 0.2) is 83.7 Å². The average molecular weight is 532 g/mol. The number of carbonyl (C=O) groups is 1. The van der Waals surface area contributed by atoms with E-state index >= 15 is 0 Å². The fraction of sp³-hybridized carbons (Fsp3) is 0.219. The van der Waals surface area contributed by atoms with Crippen molar-refractivity contribution in [2.75, 3.05) is 12.4 Å². The van der Waals surface area contributed by atoms with E-state index in [9.17, 15) is 10.1 Å². The van der Waals surface area contributed by atoms with E-state index in [2.05, 4.69) is 56.8 Å². The number of nitrogens with two attached hydrogens (primary N) is 1. The van der Waals surface area contributed by atoms with E-state index in [1.54, 1.807) is 31.6 Å². The molecule has 4 rings (SSSR count). The van der Waals surface area contributed by atoms with Gasteiger partial charge in [0, 0.05) is 36.6 Å². The summed E-state index contributed by atoms with van der Waals surface area (Å²) in [4.78, 5) is 26.1. The zero-order chi connectivity index (χ0) is 28.9. The maximum atomic E-state index is 13.1. The van der Waals surface area contributed by atoms with Crippen molar-refractivity contribution in [3.63, 3.8) is 0 Å². The maximum absolute atomic E-state index is 13.1. The number of anilines is 1. The van der Waals surface area contributed by atoms with Crippen LogP contribution in [0.4, 0.5) is 5.95 Å². The predicted octanol–water partition coefficient (Wildman–Crippen LogP) is 5.81. The van der Waals surface area contributed by atoms with E-state index in [1.807, 2.05) is 51.1 Å². The second kappa shape index (κ2) is 11.8. The maximum Gasteiger partial charge on any atom is 0.251 e. The standard InChI is InChI=1S/C32H33N7O/c1-20-9-10-22(21(2)37-30(40)24-7-6-8-26(14-24)32(3,4)19-34)15-28(20)23-11-12-29-25(13-23)17-36-31(39-29)38-27(16-33)18-35-5/h6-18,21H,33H2,1-5H3,(H,37,40)(H,36,38,39). The third-order valence-corrected chi connectivity index (χ3v) is 6.83. The molecule has 3 aromatic carbocycles. The van der Waals surface area contributed by atoms with Crippen LogP contribution in [0.5, 0.6) is 0 Å². The van der Waals surface area contributed by atoms with Gasteiger partial charge in [0.15, 0.2) is 0 Å². The number of aromatic nitrogens is 2. The summed E-state index contributed by atoms with van der Waals surface area (Å²) in [6.45, 7) is 7.71. The molecule has 0 bridgehead atoms. The number of fused-ring (bicyclic) bond motifs is 1. The Labute approximate surface area is 234 Å². The molecule has 202 valence electrons. The van der Waals surface area contributed by atoms with Gasteiger partial charge in [-0.25, -0.2) is 9.97 Å². The van der Waals surface area contributed by atoms with Crippen molar-refractivity contribution in [3.8, 4) is 17.2 Å². The van der Waals surface area contributed by atoms with E-state index in [-0.39, 0.29) is 11.9 Å². The highest BCUT2D eigenvalue weighted by atomic mass is 16.1. The van der Waals surface area contributed by atoms with Gasteiger partial charge in [0.25, 0.3) is 5.91 Å². The first-order valence-electron chi connectivity index (χ1n) is 13.0. The monoisotopic (exact) mass is 531 g/mol. The number of nitriles is 1. The molecule has 1 unspecified atom stereocenters. The number of aryl methyl sites for hydroxylation is 1. The molecule has 0 saturated heterocycles. The number of hydrogen-bond donors (Lipinski definition) is 3. The molecule has 0 radical (unpaired) electrons. The Morgan fingerprint density at radius 2 is 1.95 bits per heavy atom. The van der Waals surface area contributed by atoms with Crippen LogP contribution in [0.1, 0.15) is 53.9 Å². The summed E-state index contributed by atoms with van der Waals surface area (Å²) in [6, 6.07) is 21.6. The Balaban J connectivity index is 1.56. The molecule has 0 fully saturated rings. The number of benzene rings is 3. The minimum atomic E-state index is -0.676. The first-order chi connectivity index (χ1) is 19.1. The Morgan fingerprint density at radius 1 is 1.15 bits per heavy atom. The summed E-state index contributed by atoms with van der Waals surface area (Å²) >= 11 is 0. The van der Waals surface area contributed by atoms with Gasteiger partial charge in [-0.1, -0.05) is 30.3 Å². The Hall–Kier alpha value is -5.03. The second-order valence-corrected chi connectivity index (χ2v) is 10.2. The topological polar surface area (TPSA) is 129 Å². The van der Waals surface area contributed by atoms with E-state index in [0.29, 0.717) is 17.2 Å². The molecule has 0 aliphatic rings. The molecule has 1 amide bonds. The number of hydrogen-bond acceptors (Lipinski definition) is 7. The molecule has 4 N–H and O–H groups in total. The summed E-state index contributed by atoms with van der Waals surface area (Å²) in [5, 5.41) is 16.5. The van der Waals surface area contributed by atoms with Gasteiger partial charge in [0.1, 0.15) is 0 Å². The molecule has 0 saturated carbocycles. The van der Waals surface area contributed by atoms with Gasteiger partial charge in [0.05, 0.1) is 28.7 Å².